The van der Waals surface area contributed by atoms with E-state index in [1.807, 2.05) is 54.9 Å². The molecule has 3 rings (SSSR count). The van der Waals surface area contributed by atoms with Crippen molar-refractivity contribution in [2.24, 2.45) is 0 Å². The summed E-state index contributed by atoms with van der Waals surface area (Å²) in [6.45, 7) is 6.55. The Morgan fingerprint density at radius 1 is 1.33 bits per heavy atom. The maximum atomic E-state index is 12.6. The maximum absolute atomic E-state index is 12.6. The first-order valence-corrected chi connectivity index (χ1v) is 10.4. The van der Waals surface area contributed by atoms with Gasteiger partial charge in [0.1, 0.15) is 18.2 Å². The van der Waals surface area contributed by atoms with Crippen molar-refractivity contribution in [3.8, 4) is 6.07 Å². The number of aromatic nitrogens is 1. The Morgan fingerprint density at radius 2 is 2.10 bits per heavy atom. The second kappa shape index (κ2) is 10.1. The number of benzene rings is 1. The van der Waals surface area contributed by atoms with Crippen LogP contribution in [-0.4, -0.2) is 53.6 Å². The van der Waals surface area contributed by atoms with Crippen LogP contribution < -0.4 is 5.32 Å². The topological polar surface area (TPSA) is 87.4 Å². The van der Waals surface area contributed by atoms with Crippen LogP contribution in [0.4, 0.5) is 0 Å². The highest BCUT2D eigenvalue weighted by molar-refractivity contribution is 6.04. The highest BCUT2D eigenvalue weighted by Gasteiger charge is 2.19. The van der Waals surface area contributed by atoms with Crippen molar-refractivity contribution in [2.45, 2.75) is 39.3 Å². The third-order valence-corrected chi connectivity index (χ3v) is 5.42. The number of para-hydroxylation sites is 1. The van der Waals surface area contributed by atoms with Crippen molar-refractivity contribution in [2.75, 3.05) is 26.2 Å². The molecule has 2 aromatic rings. The Balaban J connectivity index is 1.84. The normalized spacial score (nSPS) is 16.4. The molecule has 1 N–H and O–H groups in total. The van der Waals surface area contributed by atoms with Crippen LogP contribution >= 0.6 is 0 Å². The Kier molecular flexibility index (Phi) is 7.26. The minimum Gasteiger partial charge on any atom is -0.376 e. The molecule has 7 nitrogen and oxygen atoms in total. The average molecular weight is 409 g/mol. The molecule has 1 aromatic carbocycles. The molecule has 7 heteroatoms. The van der Waals surface area contributed by atoms with Crippen LogP contribution in [0.15, 0.2) is 36.0 Å². The summed E-state index contributed by atoms with van der Waals surface area (Å²) < 4.78 is 7.39. The molecule has 1 saturated heterocycles. The molecule has 0 bridgehead atoms. The van der Waals surface area contributed by atoms with E-state index >= 15 is 0 Å². The summed E-state index contributed by atoms with van der Waals surface area (Å²) in [6, 6.07) is 9.68. The molecular weight excluding hydrogens is 380 g/mol. The minimum absolute atomic E-state index is 0.0156. The van der Waals surface area contributed by atoms with Crippen LogP contribution in [0.25, 0.3) is 17.0 Å². The fourth-order valence-corrected chi connectivity index (χ4v) is 3.75. The highest BCUT2D eigenvalue weighted by Crippen LogP contribution is 2.24. The number of nitrogens with zero attached hydrogens (tertiary/aromatic N) is 3. The summed E-state index contributed by atoms with van der Waals surface area (Å²) >= 11 is 0. The van der Waals surface area contributed by atoms with Gasteiger partial charge in [-0.3, -0.25) is 9.59 Å². The van der Waals surface area contributed by atoms with Crippen molar-refractivity contribution >= 4 is 28.8 Å². The lowest BCUT2D eigenvalue weighted by molar-refractivity contribution is -0.131. The Hall–Kier alpha value is -3.11. The van der Waals surface area contributed by atoms with Crippen LogP contribution in [0, 0.1) is 11.3 Å². The van der Waals surface area contributed by atoms with E-state index in [2.05, 4.69) is 5.32 Å². The molecule has 0 radical (unpaired) electrons. The van der Waals surface area contributed by atoms with E-state index in [1.165, 1.54) is 0 Å². The van der Waals surface area contributed by atoms with E-state index < -0.39 is 5.91 Å². The summed E-state index contributed by atoms with van der Waals surface area (Å²) in [5.74, 6) is -0.379. The second-order valence-corrected chi connectivity index (χ2v) is 7.31. The number of carbonyl (C=O) groups is 2. The van der Waals surface area contributed by atoms with Gasteiger partial charge in [0, 0.05) is 48.9 Å². The molecule has 158 valence electrons. The predicted octanol–water partition coefficient (Wildman–Crippen LogP) is 2.71. The molecule has 0 spiro atoms. The molecule has 1 aliphatic rings. The fourth-order valence-electron chi connectivity index (χ4n) is 3.75. The molecule has 2 heterocycles. The van der Waals surface area contributed by atoms with Gasteiger partial charge in [0.05, 0.1) is 6.10 Å². The highest BCUT2D eigenvalue weighted by atomic mass is 16.5. The molecular formula is C23H28N4O3. The third-order valence-electron chi connectivity index (χ3n) is 5.42. The second-order valence-electron chi connectivity index (χ2n) is 7.31. The molecule has 1 aliphatic heterocycles. The van der Waals surface area contributed by atoms with Crippen molar-refractivity contribution in [3.63, 3.8) is 0 Å². The number of fused-ring (bicyclic) bond motifs is 1. The summed E-state index contributed by atoms with van der Waals surface area (Å²) in [6.07, 6.45) is 5.34. The molecule has 0 aliphatic carbocycles. The number of hydrogen-bond acceptors (Lipinski definition) is 4. The van der Waals surface area contributed by atoms with Gasteiger partial charge in [-0.25, -0.2) is 0 Å². The maximum Gasteiger partial charge on any atom is 0.262 e. The summed E-state index contributed by atoms with van der Waals surface area (Å²) in [5, 5.41) is 13.2. The van der Waals surface area contributed by atoms with Gasteiger partial charge in [0.2, 0.25) is 5.91 Å². The number of carbonyl (C=O) groups excluding carboxylic acids is 2. The SMILES string of the molecule is CCN(CC)C(=O)Cn1cc(/C=C(\C#N)C(=O)NC[C@H]2CCCO2)c2ccccc21. The number of rotatable bonds is 8. The van der Waals surface area contributed by atoms with E-state index in [0.717, 1.165) is 29.3 Å². The molecule has 0 saturated carbocycles. The molecule has 0 unspecified atom stereocenters. The Labute approximate surface area is 176 Å². The van der Waals surface area contributed by atoms with Gasteiger partial charge in [0.25, 0.3) is 5.91 Å². The number of likely N-dealkylation sites (N-methyl/N-ethyl adjacent to an activating group) is 1. The van der Waals surface area contributed by atoms with Gasteiger partial charge in [-0.2, -0.15) is 5.26 Å². The Morgan fingerprint density at radius 3 is 2.77 bits per heavy atom. The number of ether oxygens (including phenoxy) is 1. The van der Waals surface area contributed by atoms with Crippen LogP contribution in [0.2, 0.25) is 0 Å². The zero-order valence-electron chi connectivity index (χ0n) is 17.6. The lowest BCUT2D eigenvalue weighted by Gasteiger charge is -2.19. The van der Waals surface area contributed by atoms with Crippen molar-refractivity contribution in [3.05, 3.63) is 41.6 Å². The van der Waals surface area contributed by atoms with Gasteiger partial charge in [-0.15, -0.1) is 0 Å². The molecule has 1 aromatic heterocycles. The zero-order chi connectivity index (χ0) is 21.5. The number of hydrogen-bond donors (Lipinski definition) is 1. The van der Waals surface area contributed by atoms with Crippen molar-refractivity contribution in [1.82, 2.24) is 14.8 Å². The minimum atomic E-state index is -0.413. The van der Waals surface area contributed by atoms with Crippen LogP contribution in [0.1, 0.15) is 32.3 Å². The van der Waals surface area contributed by atoms with Gasteiger partial charge in [-0.05, 0) is 38.8 Å². The van der Waals surface area contributed by atoms with Crippen LogP contribution in [-0.2, 0) is 20.9 Å². The lowest BCUT2D eigenvalue weighted by atomic mass is 10.1. The molecule has 1 atom stereocenters. The van der Waals surface area contributed by atoms with E-state index in [9.17, 15) is 14.9 Å². The third kappa shape index (κ3) is 4.89. The first-order valence-electron chi connectivity index (χ1n) is 10.4. The zero-order valence-corrected chi connectivity index (χ0v) is 17.6. The molecule has 1 fully saturated rings. The van der Waals surface area contributed by atoms with E-state index in [-0.39, 0.29) is 24.1 Å². The first kappa shape index (κ1) is 21.6. The summed E-state index contributed by atoms with van der Waals surface area (Å²) in [7, 11) is 0. The van der Waals surface area contributed by atoms with E-state index in [1.54, 1.807) is 11.0 Å². The summed E-state index contributed by atoms with van der Waals surface area (Å²) in [5.41, 5.74) is 1.66. The van der Waals surface area contributed by atoms with E-state index in [4.69, 9.17) is 4.74 Å². The molecule has 30 heavy (non-hydrogen) atoms. The van der Waals surface area contributed by atoms with Crippen molar-refractivity contribution in [1.29, 1.82) is 5.26 Å². The van der Waals surface area contributed by atoms with Gasteiger partial charge >= 0.3 is 0 Å². The first-order chi connectivity index (χ1) is 14.6. The number of nitriles is 1. The van der Waals surface area contributed by atoms with E-state index in [0.29, 0.717) is 26.2 Å². The standard InChI is InChI=1S/C23H28N4O3/c1-3-26(4-2)22(28)16-27-15-18(20-9-5-6-10-21(20)27)12-17(13-24)23(29)25-14-19-8-7-11-30-19/h5-6,9-10,12,15,19H,3-4,7-8,11,14,16H2,1-2H3,(H,25,29)/b17-12+/t19-/m1/s1. The number of amides is 2. The van der Waals surface area contributed by atoms with Gasteiger partial charge < -0.3 is 19.5 Å². The Bertz CT molecular complexity index is 976. The summed E-state index contributed by atoms with van der Waals surface area (Å²) in [4.78, 5) is 26.9. The predicted molar refractivity (Wildman–Crippen MR) is 115 cm³/mol. The quantitative estimate of drug-likeness (QED) is 0.537. The molecule has 2 amide bonds. The monoisotopic (exact) mass is 408 g/mol. The number of nitrogens with one attached hydrogen (secondary N) is 1. The largest absolute Gasteiger partial charge is 0.376 e. The smallest absolute Gasteiger partial charge is 0.262 e. The van der Waals surface area contributed by atoms with Gasteiger partial charge in [-0.1, -0.05) is 18.2 Å². The van der Waals surface area contributed by atoms with Gasteiger partial charge in [0.15, 0.2) is 0 Å². The van der Waals surface area contributed by atoms with Crippen molar-refractivity contribution < 1.29 is 14.3 Å². The fraction of sp³-hybridized carbons (Fsp3) is 0.435. The van der Waals surface area contributed by atoms with Crippen LogP contribution in [0.3, 0.4) is 0 Å². The van der Waals surface area contributed by atoms with Crippen LogP contribution in [0.5, 0.6) is 0 Å². The lowest BCUT2D eigenvalue weighted by Crippen LogP contribution is -2.33. The average Bonchev–Trinajstić information content (AvgIpc) is 3.40.